The van der Waals surface area contributed by atoms with Gasteiger partial charge in [0.05, 0.1) is 25.5 Å². The predicted molar refractivity (Wildman–Crippen MR) is 104 cm³/mol. The van der Waals surface area contributed by atoms with Gasteiger partial charge in [-0.05, 0) is 64.3 Å². The molecule has 27 heavy (non-hydrogen) atoms. The average Bonchev–Trinajstić information content (AvgIpc) is 3.03. The van der Waals surface area contributed by atoms with Crippen molar-refractivity contribution in [2.45, 2.75) is 39.7 Å². The van der Waals surface area contributed by atoms with Crippen LogP contribution in [0.2, 0.25) is 0 Å². The van der Waals surface area contributed by atoms with Crippen LogP contribution in [0.1, 0.15) is 36.3 Å². The molecule has 1 fully saturated rings. The first-order chi connectivity index (χ1) is 13.1. The van der Waals surface area contributed by atoms with Gasteiger partial charge in [-0.2, -0.15) is 0 Å². The van der Waals surface area contributed by atoms with Crippen LogP contribution in [-0.2, 0) is 6.54 Å². The lowest BCUT2D eigenvalue weighted by molar-refractivity contribution is 0.152. The Morgan fingerprint density at radius 3 is 2.56 bits per heavy atom. The molecule has 6 heteroatoms. The normalized spacial score (nSPS) is 15.9. The molecule has 0 atom stereocenters. The van der Waals surface area contributed by atoms with Crippen molar-refractivity contribution in [2.24, 2.45) is 5.92 Å². The second-order valence-electron chi connectivity index (χ2n) is 7.23. The van der Waals surface area contributed by atoms with E-state index in [1.165, 1.54) is 0 Å². The van der Waals surface area contributed by atoms with Crippen LogP contribution in [0.5, 0.6) is 11.5 Å². The number of aromatic nitrogens is 1. The zero-order chi connectivity index (χ0) is 19.4. The molecule has 1 aromatic carbocycles. The predicted octanol–water partition coefficient (Wildman–Crippen LogP) is 3.57. The minimum atomic E-state index is 0.291. The van der Waals surface area contributed by atoms with Crippen molar-refractivity contribution < 1.29 is 19.0 Å². The molecule has 0 bridgehead atoms. The first-order valence-corrected chi connectivity index (χ1v) is 9.58. The second-order valence-corrected chi connectivity index (χ2v) is 7.23. The third kappa shape index (κ3) is 4.28. The van der Waals surface area contributed by atoms with Crippen LogP contribution in [0.3, 0.4) is 0 Å². The standard InChI is InChI=1S/C21H30N2O4/c1-14-19(25-3)6-5-17(20(14)26-4)21-22-18(15(2)27-21)13-23-10-7-16(8-11-23)9-12-24/h5-6,16,24H,7-13H2,1-4H3. The van der Waals surface area contributed by atoms with Gasteiger partial charge in [-0.3, -0.25) is 4.90 Å². The maximum Gasteiger partial charge on any atom is 0.230 e. The van der Waals surface area contributed by atoms with E-state index in [0.717, 1.165) is 73.0 Å². The van der Waals surface area contributed by atoms with Gasteiger partial charge < -0.3 is 19.0 Å². The maximum absolute atomic E-state index is 9.11. The minimum Gasteiger partial charge on any atom is -0.496 e. The van der Waals surface area contributed by atoms with E-state index in [1.807, 2.05) is 26.0 Å². The Morgan fingerprint density at radius 2 is 1.93 bits per heavy atom. The summed E-state index contributed by atoms with van der Waals surface area (Å²) in [4.78, 5) is 7.18. The zero-order valence-corrected chi connectivity index (χ0v) is 16.7. The molecule has 1 aliphatic heterocycles. The van der Waals surface area contributed by atoms with Crippen LogP contribution in [0.15, 0.2) is 16.5 Å². The molecule has 2 heterocycles. The third-order valence-corrected chi connectivity index (χ3v) is 5.52. The lowest BCUT2D eigenvalue weighted by Gasteiger charge is -2.31. The van der Waals surface area contributed by atoms with Crippen LogP contribution >= 0.6 is 0 Å². The molecule has 1 aromatic heterocycles. The second kappa shape index (κ2) is 8.76. The summed E-state index contributed by atoms with van der Waals surface area (Å²) < 4.78 is 17.0. The SMILES string of the molecule is COc1ccc(-c2nc(CN3CCC(CCO)CC3)c(C)o2)c(OC)c1C. The molecule has 148 valence electrons. The fourth-order valence-corrected chi connectivity index (χ4v) is 3.84. The highest BCUT2D eigenvalue weighted by Crippen LogP contribution is 2.38. The number of rotatable bonds is 7. The summed E-state index contributed by atoms with van der Waals surface area (Å²) in [6.45, 7) is 7.09. The van der Waals surface area contributed by atoms with E-state index in [-0.39, 0.29) is 0 Å². The fourth-order valence-electron chi connectivity index (χ4n) is 3.84. The van der Waals surface area contributed by atoms with E-state index >= 15 is 0 Å². The fraction of sp³-hybridized carbons (Fsp3) is 0.571. The van der Waals surface area contributed by atoms with E-state index in [2.05, 4.69) is 4.90 Å². The van der Waals surface area contributed by atoms with Crippen LogP contribution in [-0.4, -0.2) is 48.9 Å². The van der Waals surface area contributed by atoms with Gasteiger partial charge in [0.1, 0.15) is 17.3 Å². The molecule has 0 spiro atoms. The summed E-state index contributed by atoms with van der Waals surface area (Å²) in [5, 5.41) is 9.11. The van der Waals surface area contributed by atoms with Crippen molar-refractivity contribution in [3.63, 3.8) is 0 Å². The monoisotopic (exact) mass is 374 g/mol. The lowest BCUT2D eigenvalue weighted by Crippen LogP contribution is -2.33. The van der Waals surface area contributed by atoms with E-state index in [1.54, 1.807) is 14.2 Å². The van der Waals surface area contributed by atoms with Crippen molar-refractivity contribution in [2.75, 3.05) is 33.9 Å². The van der Waals surface area contributed by atoms with Gasteiger partial charge in [0.25, 0.3) is 0 Å². The molecule has 6 nitrogen and oxygen atoms in total. The van der Waals surface area contributed by atoms with Gasteiger partial charge in [-0.15, -0.1) is 0 Å². The number of piperidine rings is 1. The van der Waals surface area contributed by atoms with Gasteiger partial charge in [-0.1, -0.05) is 0 Å². The summed E-state index contributed by atoms with van der Waals surface area (Å²) in [7, 11) is 3.30. The molecular weight excluding hydrogens is 344 g/mol. The van der Waals surface area contributed by atoms with Gasteiger partial charge in [0.15, 0.2) is 0 Å². The van der Waals surface area contributed by atoms with Crippen LogP contribution in [0.25, 0.3) is 11.5 Å². The van der Waals surface area contributed by atoms with Crippen molar-refractivity contribution in [1.82, 2.24) is 9.88 Å². The van der Waals surface area contributed by atoms with Gasteiger partial charge >= 0.3 is 0 Å². The Bertz CT molecular complexity index is 764. The first-order valence-electron chi connectivity index (χ1n) is 9.58. The van der Waals surface area contributed by atoms with Crippen molar-refractivity contribution in [1.29, 1.82) is 0 Å². The minimum absolute atomic E-state index is 0.291. The number of oxazole rings is 1. The Kier molecular flexibility index (Phi) is 6.39. The van der Waals surface area contributed by atoms with Gasteiger partial charge in [0, 0.05) is 18.7 Å². The number of hydrogen-bond acceptors (Lipinski definition) is 6. The molecule has 1 N–H and O–H groups in total. The van der Waals surface area contributed by atoms with E-state index < -0.39 is 0 Å². The number of benzene rings is 1. The van der Waals surface area contributed by atoms with Crippen molar-refractivity contribution in [3.05, 3.63) is 29.2 Å². The number of nitrogens with zero attached hydrogens (tertiary/aromatic N) is 2. The molecule has 0 radical (unpaired) electrons. The quantitative estimate of drug-likeness (QED) is 0.799. The molecule has 2 aromatic rings. The Hall–Kier alpha value is -2.05. The van der Waals surface area contributed by atoms with Crippen LogP contribution < -0.4 is 9.47 Å². The number of hydrogen-bond donors (Lipinski definition) is 1. The Labute approximate surface area is 161 Å². The number of aliphatic hydroxyl groups is 1. The van der Waals surface area contributed by atoms with E-state index in [9.17, 15) is 0 Å². The maximum atomic E-state index is 9.11. The average molecular weight is 374 g/mol. The number of aryl methyl sites for hydroxylation is 1. The summed E-state index contributed by atoms with van der Waals surface area (Å²) >= 11 is 0. The number of aliphatic hydroxyl groups excluding tert-OH is 1. The molecule has 1 saturated heterocycles. The smallest absolute Gasteiger partial charge is 0.230 e. The highest BCUT2D eigenvalue weighted by molar-refractivity contribution is 5.68. The summed E-state index contributed by atoms with van der Waals surface area (Å²) in [6.07, 6.45) is 3.18. The highest BCUT2D eigenvalue weighted by Gasteiger charge is 2.23. The van der Waals surface area contributed by atoms with Gasteiger partial charge in [-0.25, -0.2) is 4.98 Å². The summed E-state index contributed by atoms with van der Waals surface area (Å²) in [6, 6.07) is 3.85. The molecule has 3 rings (SSSR count). The third-order valence-electron chi connectivity index (χ3n) is 5.52. The molecule has 0 saturated carbocycles. The number of likely N-dealkylation sites (tertiary alicyclic amines) is 1. The molecule has 0 aliphatic carbocycles. The topological polar surface area (TPSA) is 68.0 Å². The number of ether oxygens (including phenoxy) is 2. The number of methoxy groups -OCH3 is 2. The molecular formula is C21H30N2O4. The van der Waals surface area contributed by atoms with Crippen molar-refractivity contribution in [3.8, 4) is 23.0 Å². The van der Waals surface area contributed by atoms with Gasteiger partial charge in [0.2, 0.25) is 5.89 Å². The highest BCUT2D eigenvalue weighted by atomic mass is 16.5. The van der Waals surface area contributed by atoms with Crippen LogP contribution in [0, 0.1) is 19.8 Å². The first kappa shape index (κ1) is 19.7. The molecule has 1 aliphatic rings. The summed E-state index contributed by atoms with van der Waals surface area (Å²) in [5.74, 6) is 3.59. The lowest BCUT2D eigenvalue weighted by atomic mass is 9.94. The van der Waals surface area contributed by atoms with Crippen LogP contribution in [0.4, 0.5) is 0 Å². The summed E-state index contributed by atoms with van der Waals surface area (Å²) in [5.41, 5.74) is 2.74. The zero-order valence-electron chi connectivity index (χ0n) is 16.7. The Balaban J connectivity index is 1.77. The largest absolute Gasteiger partial charge is 0.496 e. The molecule has 0 amide bonds. The van der Waals surface area contributed by atoms with Crippen molar-refractivity contribution >= 4 is 0 Å². The molecule has 0 unspecified atom stereocenters. The van der Waals surface area contributed by atoms with E-state index in [0.29, 0.717) is 18.4 Å². The Morgan fingerprint density at radius 1 is 1.19 bits per heavy atom. The van der Waals surface area contributed by atoms with E-state index in [4.69, 9.17) is 24.0 Å².